The number of amides is 1. The number of carbonyl (C=O) groups is 1. The van der Waals surface area contributed by atoms with Gasteiger partial charge in [0.25, 0.3) is 0 Å². The Hall–Kier alpha value is -2.11. The van der Waals surface area contributed by atoms with Gasteiger partial charge in [-0.15, -0.1) is 0 Å². The fourth-order valence-electron chi connectivity index (χ4n) is 3.22. The summed E-state index contributed by atoms with van der Waals surface area (Å²) in [6.07, 6.45) is -0.253. The minimum atomic E-state index is -0.474. The van der Waals surface area contributed by atoms with Gasteiger partial charge in [-0.1, -0.05) is 0 Å². The molecule has 2 aliphatic heterocycles. The van der Waals surface area contributed by atoms with Crippen LogP contribution in [0.4, 0.5) is 16.2 Å². The van der Waals surface area contributed by atoms with Crippen molar-refractivity contribution < 1.29 is 14.3 Å². The molecule has 1 aromatic rings. The first-order valence-corrected chi connectivity index (χ1v) is 8.02. The number of ether oxygens (including phenoxy) is 2. The topological polar surface area (TPSA) is 68.0 Å². The molecule has 6 nitrogen and oxygen atoms in total. The second-order valence-electron chi connectivity index (χ2n) is 7.27. The largest absolute Gasteiger partial charge is 0.489 e. The molecule has 1 aromatic carbocycles. The molecule has 0 bridgehead atoms. The van der Waals surface area contributed by atoms with E-state index in [0.29, 0.717) is 25.4 Å². The Kier molecular flexibility index (Phi) is 3.78. The van der Waals surface area contributed by atoms with Crippen molar-refractivity contribution >= 4 is 17.5 Å². The molecule has 0 aromatic heterocycles. The van der Waals surface area contributed by atoms with Gasteiger partial charge >= 0.3 is 6.09 Å². The van der Waals surface area contributed by atoms with Crippen LogP contribution in [-0.2, 0) is 4.74 Å². The summed E-state index contributed by atoms with van der Waals surface area (Å²) in [6, 6.07) is 3.98. The molecular formula is C17H25N3O3. The average Bonchev–Trinajstić information content (AvgIpc) is 2.43. The Morgan fingerprint density at radius 3 is 2.78 bits per heavy atom. The van der Waals surface area contributed by atoms with E-state index in [1.807, 2.05) is 39.8 Å². The van der Waals surface area contributed by atoms with Crippen molar-refractivity contribution in [3.8, 4) is 5.75 Å². The Balaban J connectivity index is 1.76. The summed E-state index contributed by atoms with van der Waals surface area (Å²) in [5.41, 5.74) is 8.35. The number of aryl methyl sites for hydroxylation is 1. The summed E-state index contributed by atoms with van der Waals surface area (Å²) < 4.78 is 11.4. The molecule has 23 heavy (non-hydrogen) atoms. The number of rotatable bonds is 0. The molecule has 2 N–H and O–H groups in total. The van der Waals surface area contributed by atoms with Crippen LogP contribution >= 0.6 is 0 Å². The van der Waals surface area contributed by atoms with Gasteiger partial charge in [-0.2, -0.15) is 0 Å². The normalized spacial score (nSPS) is 20.4. The SMILES string of the molecule is Cc1cc(N)cc2c1N1CCN(C(=O)OC(C)(C)C)C[C@@H]1CO2. The predicted octanol–water partition coefficient (Wildman–Crippen LogP) is 2.40. The van der Waals surface area contributed by atoms with E-state index in [-0.39, 0.29) is 12.1 Å². The molecular weight excluding hydrogens is 294 g/mol. The van der Waals surface area contributed by atoms with Crippen LogP contribution < -0.4 is 15.4 Å². The molecule has 3 rings (SSSR count). The van der Waals surface area contributed by atoms with E-state index in [2.05, 4.69) is 4.90 Å². The maximum atomic E-state index is 12.3. The predicted molar refractivity (Wildman–Crippen MR) is 90.0 cm³/mol. The third-order valence-corrected chi connectivity index (χ3v) is 4.14. The molecule has 126 valence electrons. The summed E-state index contributed by atoms with van der Waals surface area (Å²) in [5, 5.41) is 0. The molecule has 1 fully saturated rings. The standard InChI is InChI=1S/C17H25N3O3/c1-11-7-12(18)8-14-15(11)20-6-5-19(9-13(20)10-22-14)16(21)23-17(2,3)4/h7-8,13H,5-6,9-10,18H2,1-4H3/t13-/m1/s1. The lowest BCUT2D eigenvalue weighted by atomic mass is 10.0. The van der Waals surface area contributed by atoms with Crippen LogP contribution in [0.2, 0.25) is 0 Å². The van der Waals surface area contributed by atoms with E-state index in [1.165, 1.54) is 0 Å². The lowest BCUT2D eigenvalue weighted by Gasteiger charge is -2.46. The highest BCUT2D eigenvalue weighted by Crippen LogP contribution is 2.39. The van der Waals surface area contributed by atoms with Crippen molar-refractivity contribution in [1.82, 2.24) is 4.90 Å². The van der Waals surface area contributed by atoms with Crippen LogP contribution in [0.25, 0.3) is 0 Å². The molecule has 2 heterocycles. The number of fused-ring (bicyclic) bond motifs is 3. The van der Waals surface area contributed by atoms with Crippen molar-refractivity contribution in [2.45, 2.75) is 39.3 Å². The van der Waals surface area contributed by atoms with E-state index < -0.39 is 5.60 Å². The van der Waals surface area contributed by atoms with Gasteiger partial charge in [0.2, 0.25) is 0 Å². The van der Waals surface area contributed by atoms with E-state index in [0.717, 1.165) is 23.5 Å². The smallest absolute Gasteiger partial charge is 0.410 e. The summed E-state index contributed by atoms with van der Waals surface area (Å²) in [6.45, 7) is 10.3. The summed E-state index contributed by atoms with van der Waals surface area (Å²) in [5.74, 6) is 0.837. The number of carbonyl (C=O) groups excluding carboxylic acids is 1. The zero-order valence-electron chi connectivity index (χ0n) is 14.3. The Labute approximate surface area is 137 Å². The van der Waals surface area contributed by atoms with Crippen LogP contribution in [0.3, 0.4) is 0 Å². The highest BCUT2D eigenvalue weighted by Gasteiger charge is 2.36. The van der Waals surface area contributed by atoms with Gasteiger partial charge in [-0.05, 0) is 39.3 Å². The average molecular weight is 319 g/mol. The second kappa shape index (κ2) is 5.51. The molecule has 1 amide bonds. The van der Waals surface area contributed by atoms with E-state index in [1.54, 1.807) is 4.90 Å². The summed E-state index contributed by atoms with van der Waals surface area (Å²) in [7, 11) is 0. The molecule has 0 radical (unpaired) electrons. The Bertz CT molecular complexity index is 624. The van der Waals surface area contributed by atoms with Gasteiger partial charge in [-0.3, -0.25) is 0 Å². The maximum Gasteiger partial charge on any atom is 0.410 e. The Morgan fingerprint density at radius 1 is 1.35 bits per heavy atom. The highest BCUT2D eigenvalue weighted by atomic mass is 16.6. The van der Waals surface area contributed by atoms with Gasteiger partial charge in [0, 0.05) is 31.4 Å². The van der Waals surface area contributed by atoms with Crippen LogP contribution in [0.15, 0.2) is 12.1 Å². The van der Waals surface area contributed by atoms with Gasteiger partial charge in [0.15, 0.2) is 0 Å². The third kappa shape index (κ3) is 3.16. The first kappa shape index (κ1) is 15.8. The number of benzene rings is 1. The minimum Gasteiger partial charge on any atom is -0.489 e. The molecule has 0 aliphatic carbocycles. The zero-order valence-corrected chi connectivity index (χ0v) is 14.3. The molecule has 0 unspecified atom stereocenters. The van der Waals surface area contributed by atoms with E-state index >= 15 is 0 Å². The van der Waals surface area contributed by atoms with E-state index in [4.69, 9.17) is 15.2 Å². The maximum absolute atomic E-state index is 12.3. The van der Waals surface area contributed by atoms with Crippen molar-refractivity contribution in [1.29, 1.82) is 0 Å². The number of piperazine rings is 1. The molecule has 1 atom stereocenters. The highest BCUT2D eigenvalue weighted by molar-refractivity contribution is 5.72. The number of anilines is 2. The number of hydrogen-bond acceptors (Lipinski definition) is 5. The lowest BCUT2D eigenvalue weighted by molar-refractivity contribution is 0.0195. The quantitative estimate of drug-likeness (QED) is 0.744. The van der Waals surface area contributed by atoms with Crippen molar-refractivity contribution in [3.63, 3.8) is 0 Å². The monoisotopic (exact) mass is 319 g/mol. The van der Waals surface area contributed by atoms with Crippen LogP contribution in [0, 0.1) is 6.92 Å². The van der Waals surface area contributed by atoms with Crippen LogP contribution in [0.5, 0.6) is 5.75 Å². The van der Waals surface area contributed by atoms with Crippen molar-refractivity contribution in [2.24, 2.45) is 0 Å². The third-order valence-electron chi connectivity index (χ3n) is 4.14. The van der Waals surface area contributed by atoms with Crippen molar-refractivity contribution in [2.75, 3.05) is 36.9 Å². The molecule has 6 heteroatoms. The van der Waals surface area contributed by atoms with Gasteiger partial charge in [0.1, 0.15) is 18.0 Å². The van der Waals surface area contributed by atoms with Gasteiger partial charge in [0.05, 0.1) is 11.7 Å². The first-order chi connectivity index (χ1) is 10.7. The molecule has 2 aliphatic rings. The van der Waals surface area contributed by atoms with Gasteiger partial charge < -0.3 is 25.0 Å². The second-order valence-corrected chi connectivity index (χ2v) is 7.27. The lowest BCUT2D eigenvalue weighted by Crippen LogP contribution is -2.59. The van der Waals surface area contributed by atoms with E-state index in [9.17, 15) is 4.79 Å². The molecule has 0 spiro atoms. The van der Waals surface area contributed by atoms with Crippen LogP contribution in [-0.4, -0.2) is 48.9 Å². The summed E-state index contributed by atoms with van der Waals surface area (Å²) in [4.78, 5) is 16.4. The summed E-state index contributed by atoms with van der Waals surface area (Å²) >= 11 is 0. The first-order valence-electron chi connectivity index (χ1n) is 8.02. The fourth-order valence-corrected chi connectivity index (χ4v) is 3.22. The Morgan fingerprint density at radius 2 is 2.09 bits per heavy atom. The fraction of sp³-hybridized carbons (Fsp3) is 0.588. The number of nitrogens with two attached hydrogens (primary N) is 1. The van der Waals surface area contributed by atoms with Crippen molar-refractivity contribution in [3.05, 3.63) is 17.7 Å². The number of hydrogen-bond donors (Lipinski definition) is 1. The molecule has 1 saturated heterocycles. The minimum absolute atomic E-state index is 0.145. The van der Waals surface area contributed by atoms with Gasteiger partial charge in [-0.25, -0.2) is 4.79 Å². The zero-order chi connectivity index (χ0) is 16.8. The number of nitrogens with zero attached hydrogens (tertiary/aromatic N) is 2. The molecule has 0 saturated carbocycles. The van der Waals surface area contributed by atoms with Crippen LogP contribution in [0.1, 0.15) is 26.3 Å². The number of nitrogen functional groups attached to an aromatic ring is 1.